The van der Waals surface area contributed by atoms with Gasteiger partial charge in [0.25, 0.3) is 0 Å². The number of nitrogens with zero attached hydrogens (tertiary/aromatic N) is 1. The van der Waals surface area contributed by atoms with Crippen molar-refractivity contribution in [1.82, 2.24) is 0 Å². The number of methoxy groups -OCH3 is 1. The fraction of sp³-hybridized carbons (Fsp3) is 0.222. The highest BCUT2D eigenvalue weighted by atomic mass is 79.9. The van der Waals surface area contributed by atoms with Crippen molar-refractivity contribution in [3.63, 3.8) is 0 Å². The largest absolute Gasteiger partial charge is 0.495 e. The number of rotatable bonds is 5. The number of fused-ring (bicyclic) bond motifs is 1. The SMILES string of the molecule is COc1cccc2c1N(Cc1ccc(Br)cc1F)C(=O)C(CC(=O)O)S2. The van der Waals surface area contributed by atoms with Crippen LogP contribution in [-0.2, 0) is 16.1 Å². The third-order valence-corrected chi connectivity index (χ3v) is 5.70. The lowest BCUT2D eigenvalue weighted by Crippen LogP contribution is -2.41. The van der Waals surface area contributed by atoms with Crippen LogP contribution in [0.3, 0.4) is 0 Å². The van der Waals surface area contributed by atoms with E-state index in [1.807, 2.05) is 0 Å². The summed E-state index contributed by atoms with van der Waals surface area (Å²) < 4.78 is 20.3. The first-order valence-electron chi connectivity index (χ1n) is 7.71. The average Bonchev–Trinajstić information content (AvgIpc) is 2.59. The number of hydrogen-bond donors (Lipinski definition) is 1. The van der Waals surface area contributed by atoms with Crippen LogP contribution < -0.4 is 9.64 Å². The summed E-state index contributed by atoms with van der Waals surface area (Å²) in [7, 11) is 1.49. The van der Waals surface area contributed by atoms with Gasteiger partial charge in [-0.05, 0) is 24.3 Å². The topological polar surface area (TPSA) is 66.8 Å². The molecule has 1 aliphatic heterocycles. The first kappa shape index (κ1) is 18.7. The van der Waals surface area contributed by atoms with Gasteiger partial charge in [0.05, 0.1) is 25.3 Å². The Morgan fingerprint density at radius 1 is 1.38 bits per heavy atom. The molecule has 1 heterocycles. The normalized spacial score (nSPS) is 16.3. The fourth-order valence-electron chi connectivity index (χ4n) is 2.78. The second kappa shape index (κ2) is 7.67. The molecule has 5 nitrogen and oxygen atoms in total. The Morgan fingerprint density at radius 3 is 2.81 bits per heavy atom. The predicted molar refractivity (Wildman–Crippen MR) is 100 cm³/mol. The third-order valence-electron chi connectivity index (χ3n) is 3.97. The van der Waals surface area contributed by atoms with Crippen LogP contribution in [0.1, 0.15) is 12.0 Å². The monoisotopic (exact) mass is 439 g/mol. The maximum absolute atomic E-state index is 14.3. The molecule has 1 aliphatic rings. The Kier molecular flexibility index (Phi) is 5.52. The molecule has 0 saturated heterocycles. The summed E-state index contributed by atoms with van der Waals surface area (Å²) in [6, 6.07) is 9.91. The third kappa shape index (κ3) is 3.71. The van der Waals surface area contributed by atoms with Gasteiger partial charge in [-0.2, -0.15) is 0 Å². The minimum Gasteiger partial charge on any atom is -0.495 e. The molecule has 0 aromatic heterocycles. The first-order chi connectivity index (χ1) is 12.4. The molecular weight excluding hydrogens is 425 g/mol. The molecular formula is C18H15BrFNO4S. The number of aliphatic carboxylic acids is 1. The van der Waals surface area contributed by atoms with Crippen molar-refractivity contribution in [2.24, 2.45) is 0 Å². The van der Waals surface area contributed by atoms with Crippen molar-refractivity contribution in [2.45, 2.75) is 23.1 Å². The quantitative estimate of drug-likeness (QED) is 0.759. The number of carbonyl (C=O) groups excluding carboxylic acids is 1. The van der Waals surface area contributed by atoms with Crippen molar-refractivity contribution >= 4 is 45.3 Å². The molecule has 1 atom stereocenters. The fourth-order valence-corrected chi connectivity index (χ4v) is 4.35. The van der Waals surface area contributed by atoms with Gasteiger partial charge in [0, 0.05) is 14.9 Å². The molecule has 0 bridgehead atoms. The van der Waals surface area contributed by atoms with E-state index in [9.17, 15) is 14.0 Å². The minimum atomic E-state index is -1.06. The van der Waals surface area contributed by atoms with Crippen LogP contribution in [0.5, 0.6) is 5.75 Å². The zero-order valence-corrected chi connectivity index (χ0v) is 16.1. The van der Waals surface area contributed by atoms with Gasteiger partial charge in [0.15, 0.2) is 0 Å². The Hall–Kier alpha value is -2.06. The van der Waals surface area contributed by atoms with Gasteiger partial charge >= 0.3 is 5.97 Å². The van der Waals surface area contributed by atoms with Gasteiger partial charge in [-0.3, -0.25) is 9.59 Å². The van der Waals surface area contributed by atoms with Crippen molar-refractivity contribution < 1.29 is 23.8 Å². The number of carboxylic acids is 1. The van der Waals surface area contributed by atoms with Crippen LogP contribution in [0.25, 0.3) is 0 Å². The second-order valence-corrected chi connectivity index (χ2v) is 7.83. The molecule has 2 aromatic carbocycles. The van der Waals surface area contributed by atoms with Crippen LogP contribution in [0.4, 0.5) is 10.1 Å². The molecule has 1 N–H and O–H groups in total. The summed E-state index contributed by atoms with van der Waals surface area (Å²) in [4.78, 5) is 26.2. The molecule has 1 amide bonds. The summed E-state index contributed by atoms with van der Waals surface area (Å²) in [5.74, 6) is -1.40. The number of hydrogen-bond acceptors (Lipinski definition) is 4. The van der Waals surface area contributed by atoms with E-state index in [1.54, 1.807) is 30.3 Å². The molecule has 8 heteroatoms. The van der Waals surface area contributed by atoms with Gasteiger partial charge < -0.3 is 14.7 Å². The summed E-state index contributed by atoms with van der Waals surface area (Å²) >= 11 is 4.40. The molecule has 1 unspecified atom stereocenters. The number of thioether (sulfide) groups is 1. The zero-order chi connectivity index (χ0) is 18.8. The Bertz CT molecular complexity index is 876. The predicted octanol–water partition coefficient (Wildman–Crippen LogP) is 4.08. The molecule has 0 radical (unpaired) electrons. The van der Waals surface area contributed by atoms with Gasteiger partial charge in [-0.15, -0.1) is 11.8 Å². The summed E-state index contributed by atoms with van der Waals surface area (Å²) in [5.41, 5.74) is 0.869. The number of halogens is 2. The summed E-state index contributed by atoms with van der Waals surface area (Å²) in [5, 5.41) is 8.34. The number of benzene rings is 2. The van der Waals surface area contributed by atoms with Crippen LogP contribution in [0.15, 0.2) is 45.8 Å². The number of carboxylic acid groups (broad SMARTS) is 1. The van der Waals surface area contributed by atoms with Crippen molar-refractivity contribution in [3.8, 4) is 5.75 Å². The lowest BCUT2D eigenvalue weighted by atomic mass is 10.1. The van der Waals surface area contributed by atoms with Crippen LogP contribution in [-0.4, -0.2) is 29.3 Å². The number of ether oxygens (including phenoxy) is 1. The molecule has 0 fully saturated rings. The Morgan fingerprint density at radius 2 is 2.15 bits per heavy atom. The Labute approximate surface area is 162 Å². The highest BCUT2D eigenvalue weighted by Crippen LogP contribution is 2.46. The van der Waals surface area contributed by atoms with E-state index < -0.39 is 17.0 Å². The molecule has 136 valence electrons. The number of carbonyl (C=O) groups is 2. The van der Waals surface area contributed by atoms with E-state index in [1.165, 1.54) is 29.8 Å². The maximum Gasteiger partial charge on any atom is 0.305 e. The van der Waals surface area contributed by atoms with E-state index in [0.29, 0.717) is 21.5 Å². The number of anilines is 1. The van der Waals surface area contributed by atoms with E-state index >= 15 is 0 Å². The van der Waals surface area contributed by atoms with Crippen LogP contribution in [0, 0.1) is 5.82 Å². The van der Waals surface area contributed by atoms with Crippen molar-refractivity contribution in [2.75, 3.05) is 12.0 Å². The standard InChI is InChI=1S/C18H15BrFNO4S/c1-25-13-3-2-4-14-17(13)21(18(24)15(26-14)8-16(22)23)9-10-5-6-11(19)7-12(10)20/h2-7,15H,8-9H2,1H3,(H,22,23). The highest BCUT2D eigenvalue weighted by molar-refractivity contribution is 9.10. The second-order valence-electron chi connectivity index (χ2n) is 5.67. The van der Waals surface area contributed by atoms with E-state index in [0.717, 1.165) is 4.90 Å². The lowest BCUT2D eigenvalue weighted by molar-refractivity contribution is -0.138. The highest BCUT2D eigenvalue weighted by Gasteiger charge is 2.37. The smallest absolute Gasteiger partial charge is 0.305 e. The van der Waals surface area contributed by atoms with E-state index in [-0.39, 0.29) is 18.9 Å². The van der Waals surface area contributed by atoms with Gasteiger partial charge in [-0.25, -0.2) is 4.39 Å². The Balaban J connectivity index is 2.05. The molecule has 3 rings (SSSR count). The number of amides is 1. The molecule has 2 aromatic rings. The zero-order valence-electron chi connectivity index (χ0n) is 13.7. The van der Waals surface area contributed by atoms with Gasteiger partial charge in [0.2, 0.25) is 5.91 Å². The van der Waals surface area contributed by atoms with Gasteiger partial charge in [0.1, 0.15) is 17.3 Å². The summed E-state index contributed by atoms with van der Waals surface area (Å²) in [6.45, 7) is -0.0119. The van der Waals surface area contributed by atoms with Crippen LogP contribution in [0.2, 0.25) is 0 Å². The van der Waals surface area contributed by atoms with Crippen molar-refractivity contribution in [3.05, 3.63) is 52.3 Å². The van der Waals surface area contributed by atoms with Gasteiger partial charge in [-0.1, -0.05) is 28.1 Å². The van der Waals surface area contributed by atoms with E-state index in [2.05, 4.69) is 15.9 Å². The minimum absolute atomic E-state index is 0.0119. The first-order valence-corrected chi connectivity index (χ1v) is 9.38. The van der Waals surface area contributed by atoms with Crippen LogP contribution >= 0.6 is 27.7 Å². The maximum atomic E-state index is 14.3. The summed E-state index contributed by atoms with van der Waals surface area (Å²) in [6.07, 6.45) is -0.306. The molecule has 0 saturated carbocycles. The molecule has 0 aliphatic carbocycles. The van der Waals surface area contributed by atoms with Crippen molar-refractivity contribution in [1.29, 1.82) is 0 Å². The lowest BCUT2D eigenvalue weighted by Gasteiger charge is -2.34. The molecule has 26 heavy (non-hydrogen) atoms. The average molecular weight is 440 g/mol. The number of para-hydroxylation sites is 1. The van der Waals surface area contributed by atoms with E-state index in [4.69, 9.17) is 9.84 Å². The molecule has 0 spiro atoms.